The molecule has 1 saturated heterocycles. The van der Waals surface area contributed by atoms with Crippen LogP contribution in [-0.4, -0.2) is 19.3 Å². The van der Waals surface area contributed by atoms with Crippen LogP contribution in [0, 0.1) is 17.1 Å². The molecule has 0 bridgehead atoms. The molecular weight excluding hydrogens is 207 g/mol. The second-order valence-electron chi connectivity index (χ2n) is 3.82. The van der Waals surface area contributed by atoms with Crippen LogP contribution in [0.2, 0.25) is 0 Å². The van der Waals surface area contributed by atoms with E-state index in [4.69, 9.17) is 10.00 Å². The van der Waals surface area contributed by atoms with Gasteiger partial charge in [0.1, 0.15) is 11.9 Å². The highest BCUT2D eigenvalue weighted by Crippen LogP contribution is 2.18. The molecule has 2 rings (SSSR count). The highest BCUT2D eigenvalue weighted by Gasteiger charge is 2.15. The monoisotopic (exact) mass is 220 g/mol. The SMILES string of the molecule is N#Cc1cc(F)ccc1NCC1CCCO1. The molecule has 0 spiro atoms. The number of nitriles is 1. The smallest absolute Gasteiger partial charge is 0.124 e. The van der Waals surface area contributed by atoms with E-state index in [0.29, 0.717) is 17.8 Å². The highest BCUT2D eigenvalue weighted by molar-refractivity contribution is 5.57. The topological polar surface area (TPSA) is 45.0 Å². The van der Waals surface area contributed by atoms with Crippen molar-refractivity contribution < 1.29 is 9.13 Å². The third-order valence-electron chi connectivity index (χ3n) is 2.65. The largest absolute Gasteiger partial charge is 0.381 e. The van der Waals surface area contributed by atoms with E-state index >= 15 is 0 Å². The third-order valence-corrected chi connectivity index (χ3v) is 2.65. The van der Waals surface area contributed by atoms with E-state index in [1.165, 1.54) is 12.1 Å². The fraction of sp³-hybridized carbons (Fsp3) is 0.417. The summed E-state index contributed by atoms with van der Waals surface area (Å²) in [6, 6.07) is 6.13. The maximum atomic E-state index is 12.9. The van der Waals surface area contributed by atoms with Crippen molar-refractivity contribution in [1.29, 1.82) is 5.26 Å². The van der Waals surface area contributed by atoms with Crippen LogP contribution in [0.15, 0.2) is 18.2 Å². The molecular formula is C12H13FN2O. The van der Waals surface area contributed by atoms with Crippen LogP contribution in [0.25, 0.3) is 0 Å². The van der Waals surface area contributed by atoms with Gasteiger partial charge in [0.05, 0.1) is 17.4 Å². The van der Waals surface area contributed by atoms with Crippen molar-refractivity contribution in [2.75, 3.05) is 18.5 Å². The van der Waals surface area contributed by atoms with E-state index in [-0.39, 0.29) is 11.9 Å². The number of halogens is 1. The summed E-state index contributed by atoms with van der Waals surface area (Å²) in [5.41, 5.74) is 0.998. The standard InChI is InChI=1S/C12H13FN2O/c13-10-3-4-12(9(6-10)7-14)15-8-11-2-1-5-16-11/h3-4,6,11,15H,1-2,5,8H2. The molecule has 1 aromatic carbocycles. The molecule has 1 aliphatic heterocycles. The van der Waals surface area contributed by atoms with E-state index < -0.39 is 0 Å². The van der Waals surface area contributed by atoms with Gasteiger partial charge in [-0.05, 0) is 31.0 Å². The molecule has 1 aromatic rings. The fourth-order valence-corrected chi connectivity index (χ4v) is 1.79. The molecule has 0 radical (unpaired) electrons. The quantitative estimate of drug-likeness (QED) is 0.850. The van der Waals surface area contributed by atoms with Crippen molar-refractivity contribution in [3.05, 3.63) is 29.6 Å². The summed E-state index contributed by atoms with van der Waals surface area (Å²) < 4.78 is 18.3. The number of anilines is 1. The van der Waals surface area contributed by atoms with E-state index in [0.717, 1.165) is 19.4 Å². The van der Waals surface area contributed by atoms with Gasteiger partial charge in [0.25, 0.3) is 0 Å². The van der Waals surface area contributed by atoms with Crippen molar-refractivity contribution >= 4 is 5.69 Å². The minimum atomic E-state index is -0.390. The average molecular weight is 220 g/mol. The minimum Gasteiger partial charge on any atom is -0.381 e. The Bertz CT molecular complexity index is 408. The lowest BCUT2D eigenvalue weighted by molar-refractivity contribution is 0.120. The summed E-state index contributed by atoms with van der Waals surface area (Å²) in [5.74, 6) is -0.390. The lowest BCUT2D eigenvalue weighted by Crippen LogP contribution is -2.18. The normalized spacial score (nSPS) is 19.4. The summed E-state index contributed by atoms with van der Waals surface area (Å²) in [6.45, 7) is 1.47. The van der Waals surface area contributed by atoms with Gasteiger partial charge in [0.2, 0.25) is 0 Å². The Balaban J connectivity index is 2.00. The van der Waals surface area contributed by atoms with Crippen LogP contribution in [0.5, 0.6) is 0 Å². The number of benzene rings is 1. The van der Waals surface area contributed by atoms with Crippen molar-refractivity contribution in [1.82, 2.24) is 0 Å². The van der Waals surface area contributed by atoms with Gasteiger partial charge < -0.3 is 10.1 Å². The Morgan fingerprint density at radius 1 is 1.56 bits per heavy atom. The molecule has 3 nitrogen and oxygen atoms in total. The predicted molar refractivity (Wildman–Crippen MR) is 58.6 cm³/mol. The first kappa shape index (κ1) is 10.9. The summed E-state index contributed by atoms with van der Waals surface area (Å²) in [5, 5.41) is 12.0. The van der Waals surface area contributed by atoms with Crippen LogP contribution in [0.3, 0.4) is 0 Å². The van der Waals surface area contributed by atoms with Crippen LogP contribution in [0.4, 0.5) is 10.1 Å². The number of hydrogen-bond donors (Lipinski definition) is 1. The number of rotatable bonds is 3. The zero-order valence-electron chi connectivity index (χ0n) is 8.87. The predicted octanol–water partition coefficient (Wildman–Crippen LogP) is 2.29. The molecule has 1 heterocycles. The van der Waals surface area contributed by atoms with Gasteiger partial charge in [-0.1, -0.05) is 0 Å². The van der Waals surface area contributed by atoms with Crippen molar-refractivity contribution in [2.24, 2.45) is 0 Å². The van der Waals surface area contributed by atoms with Gasteiger partial charge in [-0.3, -0.25) is 0 Å². The highest BCUT2D eigenvalue weighted by atomic mass is 19.1. The zero-order valence-corrected chi connectivity index (χ0v) is 8.87. The number of nitrogens with one attached hydrogen (secondary N) is 1. The van der Waals surface area contributed by atoms with Crippen LogP contribution in [0.1, 0.15) is 18.4 Å². The Labute approximate surface area is 93.8 Å². The molecule has 84 valence electrons. The molecule has 0 aromatic heterocycles. The van der Waals surface area contributed by atoms with E-state index in [2.05, 4.69) is 5.32 Å². The summed E-state index contributed by atoms with van der Waals surface area (Å²) in [7, 11) is 0. The van der Waals surface area contributed by atoms with Crippen LogP contribution < -0.4 is 5.32 Å². The lowest BCUT2D eigenvalue weighted by Gasteiger charge is -2.12. The molecule has 0 saturated carbocycles. The number of ether oxygens (including phenoxy) is 1. The van der Waals surface area contributed by atoms with Gasteiger partial charge in [0.15, 0.2) is 0 Å². The fourth-order valence-electron chi connectivity index (χ4n) is 1.79. The summed E-state index contributed by atoms with van der Waals surface area (Å²) in [6.07, 6.45) is 2.33. The van der Waals surface area contributed by atoms with Gasteiger partial charge >= 0.3 is 0 Å². The number of hydrogen-bond acceptors (Lipinski definition) is 3. The van der Waals surface area contributed by atoms with Gasteiger partial charge in [-0.2, -0.15) is 5.26 Å². The minimum absolute atomic E-state index is 0.205. The Morgan fingerprint density at radius 3 is 3.12 bits per heavy atom. The first-order valence-corrected chi connectivity index (χ1v) is 5.35. The molecule has 1 atom stereocenters. The molecule has 0 aliphatic carbocycles. The van der Waals surface area contributed by atoms with Gasteiger partial charge in [0, 0.05) is 13.2 Å². The average Bonchev–Trinajstić information content (AvgIpc) is 2.80. The van der Waals surface area contributed by atoms with Gasteiger partial charge in [-0.15, -0.1) is 0 Å². The molecule has 1 fully saturated rings. The van der Waals surface area contributed by atoms with E-state index in [9.17, 15) is 4.39 Å². The maximum Gasteiger partial charge on any atom is 0.124 e. The molecule has 16 heavy (non-hydrogen) atoms. The molecule has 0 amide bonds. The first-order chi connectivity index (χ1) is 7.79. The summed E-state index contributed by atoms with van der Waals surface area (Å²) >= 11 is 0. The first-order valence-electron chi connectivity index (χ1n) is 5.35. The third kappa shape index (κ3) is 2.50. The Kier molecular flexibility index (Phi) is 3.37. The molecule has 1 N–H and O–H groups in total. The van der Waals surface area contributed by atoms with Gasteiger partial charge in [-0.25, -0.2) is 4.39 Å². The maximum absolute atomic E-state index is 12.9. The molecule has 4 heteroatoms. The zero-order chi connectivity index (χ0) is 11.4. The molecule has 1 unspecified atom stereocenters. The van der Waals surface area contributed by atoms with Crippen molar-refractivity contribution in [2.45, 2.75) is 18.9 Å². The van der Waals surface area contributed by atoms with Crippen molar-refractivity contribution in [3.8, 4) is 6.07 Å². The Morgan fingerprint density at radius 2 is 2.44 bits per heavy atom. The second-order valence-corrected chi connectivity index (χ2v) is 3.82. The van der Waals surface area contributed by atoms with E-state index in [1.54, 1.807) is 6.07 Å². The summed E-state index contributed by atoms with van der Waals surface area (Å²) in [4.78, 5) is 0. The van der Waals surface area contributed by atoms with Crippen LogP contribution in [-0.2, 0) is 4.74 Å². The van der Waals surface area contributed by atoms with Crippen LogP contribution >= 0.6 is 0 Å². The molecule has 1 aliphatic rings. The van der Waals surface area contributed by atoms with Crippen molar-refractivity contribution in [3.63, 3.8) is 0 Å². The van der Waals surface area contributed by atoms with E-state index in [1.807, 2.05) is 6.07 Å². The second kappa shape index (κ2) is 4.95. The lowest BCUT2D eigenvalue weighted by atomic mass is 10.1. The Hall–Kier alpha value is -1.60. The number of nitrogens with zero attached hydrogens (tertiary/aromatic N) is 1.